The van der Waals surface area contributed by atoms with Crippen LogP contribution in [0.4, 0.5) is 5.69 Å². The van der Waals surface area contributed by atoms with Gasteiger partial charge in [-0.2, -0.15) is 0 Å². The maximum absolute atomic E-state index is 11.7. The topological polar surface area (TPSA) is 66.6 Å². The van der Waals surface area contributed by atoms with E-state index >= 15 is 0 Å². The lowest BCUT2D eigenvalue weighted by Crippen LogP contribution is -2.27. The lowest BCUT2D eigenvalue weighted by molar-refractivity contribution is -0.118. The van der Waals surface area contributed by atoms with Crippen molar-refractivity contribution in [1.82, 2.24) is 0 Å². The quantitative estimate of drug-likeness (QED) is 0.819. The molecule has 92 valence electrons. The number of aliphatic hydroxyl groups excluding tert-OH is 1. The molecule has 0 saturated heterocycles. The molecule has 1 amide bonds. The van der Waals surface area contributed by atoms with Crippen molar-refractivity contribution in [1.29, 1.82) is 0 Å². The van der Waals surface area contributed by atoms with Crippen molar-refractivity contribution in [3.8, 4) is 0 Å². The first-order chi connectivity index (χ1) is 8.17. The highest BCUT2D eigenvalue weighted by molar-refractivity contribution is 5.95. The summed E-state index contributed by atoms with van der Waals surface area (Å²) >= 11 is 0. The molecule has 3 N–H and O–H groups in total. The Labute approximate surface area is 101 Å². The van der Waals surface area contributed by atoms with Crippen molar-refractivity contribution in [2.45, 2.75) is 25.9 Å². The fourth-order valence-electron chi connectivity index (χ4n) is 2.21. The number of carbonyl (C=O) groups is 1. The van der Waals surface area contributed by atoms with E-state index < -0.39 is 6.10 Å². The van der Waals surface area contributed by atoms with Gasteiger partial charge in [0.2, 0.25) is 5.91 Å². The van der Waals surface area contributed by atoms with Crippen LogP contribution in [0.2, 0.25) is 0 Å². The fraction of sp³-hybridized carbons (Fsp3) is 0.462. The molecule has 4 nitrogen and oxygen atoms in total. The van der Waals surface area contributed by atoms with Gasteiger partial charge in [-0.25, -0.2) is 0 Å². The third-order valence-electron chi connectivity index (χ3n) is 3.21. The van der Waals surface area contributed by atoms with Crippen LogP contribution in [0.15, 0.2) is 18.2 Å². The molecule has 0 aliphatic carbocycles. The number of aliphatic hydroxyl groups is 1. The first-order valence-electron chi connectivity index (χ1n) is 5.98. The highest BCUT2D eigenvalue weighted by Gasteiger charge is 2.24. The average Bonchev–Trinajstić information content (AvgIpc) is 2.79. The Morgan fingerprint density at radius 3 is 3.00 bits per heavy atom. The van der Waals surface area contributed by atoms with E-state index in [2.05, 4.69) is 0 Å². The Kier molecular flexibility index (Phi) is 3.45. The molecule has 0 spiro atoms. The Bertz CT molecular complexity index is 431. The molecule has 0 aromatic heterocycles. The standard InChI is InChI=1S/C13H18N2O2/c1-2-13(17)15-6-5-9-7-10(12(16)8-14)3-4-11(9)15/h3-4,7,12,16H,2,5-6,8,14H2,1H3. The molecule has 1 aliphatic rings. The van der Waals surface area contributed by atoms with Gasteiger partial charge in [-0.15, -0.1) is 0 Å². The smallest absolute Gasteiger partial charge is 0.226 e. The number of hydrogen-bond acceptors (Lipinski definition) is 3. The SMILES string of the molecule is CCC(=O)N1CCc2cc(C(O)CN)ccc21. The zero-order chi connectivity index (χ0) is 12.4. The van der Waals surface area contributed by atoms with E-state index in [0.29, 0.717) is 6.42 Å². The molecule has 0 fully saturated rings. The van der Waals surface area contributed by atoms with Crippen molar-refractivity contribution in [2.24, 2.45) is 5.73 Å². The molecule has 2 rings (SSSR count). The second-order valence-corrected chi connectivity index (χ2v) is 4.29. The van der Waals surface area contributed by atoms with Gasteiger partial charge >= 0.3 is 0 Å². The molecule has 1 atom stereocenters. The van der Waals surface area contributed by atoms with Gasteiger partial charge in [0.1, 0.15) is 0 Å². The van der Waals surface area contributed by atoms with E-state index in [-0.39, 0.29) is 12.5 Å². The number of nitrogens with zero attached hydrogens (tertiary/aromatic N) is 1. The second-order valence-electron chi connectivity index (χ2n) is 4.29. The minimum Gasteiger partial charge on any atom is -0.387 e. The molecule has 1 heterocycles. The lowest BCUT2D eigenvalue weighted by Gasteiger charge is -2.17. The molecule has 4 heteroatoms. The van der Waals surface area contributed by atoms with Gasteiger partial charge in [0.15, 0.2) is 0 Å². The third kappa shape index (κ3) is 2.18. The summed E-state index contributed by atoms with van der Waals surface area (Å²) in [5.41, 5.74) is 8.36. The van der Waals surface area contributed by atoms with Gasteiger partial charge in [-0.05, 0) is 23.6 Å². The summed E-state index contributed by atoms with van der Waals surface area (Å²) in [6.45, 7) is 2.83. The van der Waals surface area contributed by atoms with E-state index in [1.807, 2.05) is 30.0 Å². The van der Waals surface area contributed by atoms with Crippen LogP contribution < -0.4 is 10.6 Å². The largest absolute Gasteiger partial charge is 0.387 e. The Balaban J connectivity index is 2.28. The normalized spacial score (nSPS) is 15.8. The number of nitrogens with two attached hydrogens (primary N) is 1. The Morgan fingerprint density at radius 1 is 1.59 bits per heavy atom. The maximum Gasteiger partial charge on any atom is 0.226 e. The summed E-state index contributed by atoms with van der Waals surface area (Å²) in [5, 5.41) is 9.68. The third-order valence-corrected chi connectivity index (χ3v) is 3.21. The van der Waals surface area contributed by atoms with Crippen molar-refractivity contribution in [3.05, 3.63) is 29.3 Å². The molecule has 1 aromatic rings. The Hall–Kier alpha value is -1.39. The number of fused-ring (bicyclic) bond motifs is 1. The zero-order valence-electron chi connectivity index (χ0n) is 10.0. The first-order valence-corrected chi connectivity index (χ1v) is 5.98. The highest BCUT2D eigenvalue weighted by atomic mass is 16.3. The van der Waals surface area contributed by atoms with Gasteiger partial charge in [0.25, 0.3) is 0 Å². The lowest BCUT2D eigenvalue weighted by atomic mass is 10.0. The first kappa shape index (κ1) is 12.1. The van der Waals surface area contributed by atoms with Crippen molar-refractivity contribution >= 4 is 11.6 Å². The number of benzene rings is 1. The molecule has 1 aromatic carbocycles. The Morgan fingerprint density at radius 2 is 2.35 bits per heavy atom. The van der Waals surface area contributed by atoms with Crippen molar-refractivity contribution < 1.29 is 9.90 Å². The van der Waals surface area contributed by atoms with Gasteiger partial charge in [-0.3, -0.25) is 4.79 Å². The van der Waals surface area contributed by atoms with Crippen LogP contribution in [-0.2, 0) is 11.2 Å². The molecule has 0 radical (unpaired) electrons. The molecule has 17 heavy (non-hydrogen) atoms. The van der Waals surface area contributed by atoms with E-state index in [9.17, 15) is 9.90 Å². The molecule has 1 unspecified atom stereocenters. The number of anilines is 1. The summed E-state index contributed by atoms with van der Waals surface area (Å²) in [4.78, 5) is 13.5. The van der Waals surface area contributed by atoms with Crippen LogP contribution in [0.1, 0.15) is 30.6 Å². The number of amides is 1. The predicted octanol–water partition coefficient (Wildman–Crippen LogP) is 0.978. The zero-order valence-corrected chi connectivity index (χ0v) is 10.0. The van der Waals surface area contributed by atoms with Crippen LogP contribution in [0.3, 0.4) is 0 Å². The van der Waals surface area contributed by atoms with E-state index in [4.69, 9.17) is 5.73 Å². The summed E-state index contributed by atoms with van der Waals surface area (Å²) in [5.74, 6) is 0.149. The number of rotatable bonds is 3. The van der Waals surface area contributed by atoms with Crippen LogP contribution in [0.25, 0.3) is 0 Å². The van der Waals surface area contributed by atoms with E-state index in [0.717, 1.165) is 29.8 Å². The number of hydrogen-bond donors (Lipinski definition) is 2. The summed E-state index contributed by atoms with van der Waals surface area (Å²) < 4.78 is 0. The molecular formula is C13H18N2O2. The molecule has 0 bridgehead atoms. The molecule has 0 saturated carbocycles. The predicted molar refractivity (Wildman–Crippen MR) is 66.8 cm³/mol. The van der Waals surface area contributed by atoms with Crippen LogP contribution in [-0.4, -0.2) is 24.1 Å². The summed E-state index contributed by atoms with van der Waals surface area (Å²) in [7, 11) is 0. The summed E-state index contributed by atoms with van der Waals surface area (Å²) in [6.07, 6.45) is 0.759. The average molecular weight is 234 g/mol. The minimum absolute atomic E-state index is 0.149. The van der Waals surface area contributed by atoms with Crippen LogP contribution in [0, 0.1) is 0 Å². The molecular weight excluding hydrogens is 216 g/mol. The van der Waals surface area contributed by atoms with Gasteiger partial charge < -0.3 is 15.7 Å². The van der Waals surface area contributed by atoms with E-state index in [1.165, 1.54) is 0 Å². The summed E-state index contributed by atoms with van der Waals surface area (Å²) in [6, 6.07) is 5.71. The minimum atomic E-state index is -0.615. The van der Waals surface area contributed by atoms with Crippen molar-refractivity contribution in [2.75, 3.05) is 18.0 Å². The van der Waals surface area contributed by atoms with E-state index in [1.54, 1.807) is 0 Å². The fourth-order valence-corrected chi connectivity index (χ4v) is 2.21. The number of carbonyl (C=O) groups excluding carboxylic acids is 1. The van der Waals surface area contributed by atoms with Gasteiger partial charge in [0.05, 0.1) is 6.10 Å². The highest BCUT2D eigenvalue weighted by Crippen LogP contribution is 2.30. The van der Waals surface area contributed by atoms with Gasteiger partial charge in [-0.1, -0.05) is 19.1 Å². The maximum atomic E-state index is 11.7. The monoisotopic (exact) mass is 234 g/mol. The molecule has 1 aliphatic heterocycles. The van der Waals surface area contributed by atoms with Crippen LogP contribution in [0.5, 0.6) is 0 Å². The van der Waals surface area contributed by atoms with Crippen molar-refractivity contribution in [3.63, 3.8) is 0 Å². The van der Waals surface area contributed by atoms with Gasteiger partial charge in [0, 0.05) is 25.2 Å². The second kappa shape index (κ2) is 4.85. The van der Waals surface area contributed by atoms with Crippen LogP contribution >= 0.6 is 0 Å².